The second-order valence-electron chi connectivity index (χ2n) is 6.27. The van der Waals surface area contributed by atoms with Gasteiger partial charge in [0.25, 0.3) is 5.69 Å². The van der Waals surface area contributed by atoms with Crippen LogP contribution in [0.5, 0.6) is 5.75 Å². The summed E-state index contributed by atoms with van der Waals surface area (Å²) in [5.41, 5.74) is 1.37. The quantitative estimate of drug-likeness (QED) is 0.322. The van der Waals surface area contributed by atoms with Crippen molar-refractivity contribution in [2.24, 2.45) is 0 Å². The molecule has 0 bridgehead atoms. The Morgan fingerprint density at radius 3 is 2.23 bits per heavy atom. The van der Waals surface area contributed by atoms with Gasteiger partial charge in [0.15, 0.2) is 0 Å². The van der Waals surface area contributed by atoms with Crippen molar-refractivity contribution in [1.29, 1.82) is 0 Å². The average molecular weight is 433 g/mol. The molecule has 1 amide bonds. The Hall–Kier alpha value is -3.99. The summed E-state index contributed by atoms with van der Waals surface area (Å²) in [5.74, 6) is -3.49. The fourth-order valence-electron chi connectivity index (χ4n) is 2.39. The number of methoxy groups -OCH3 is 1. The van der Waals surface area contributed by atoms with Crippen molar-refractivity contribution < 1.29 is 34.3 Å². The molecule has 0 fully saturated rings. The molecule has 0 saturated carbocycles. The number of rotatable bonds is 8. The van der Waals surface area contributed by atoms with Crippen LogP contribution < -0.4 is 10.1 Å². The van der Waals surface area contributed by atoms with Gasteiger partial charge < -0.3 is 25.2 Å². The van der Waals surface area contributed by atoms with Crippen molar-refractivity contribution >= 4 is 29.2 Å². The molecule has 0 spiro atoms. The third kappa shape index (κ3) is 9.37. The Morgan fingerprint density at radius 1 is 1.10 bits per heavy atom. The minimum absolute atomic E-state index is 0.0997. The van der Waals surface area contributed by atoms with Gasteiger partial charge in [0, 0.05) is 31.6 Å². The number of hydrogen-bond acceptors (Lipinski definition) is 7. The largest absolute Gasteiger partial charge is 0.495 e. The molecule has 0 heterocycles. The Balaban J connectivity index is 0.000000703. The second-order valence-corrected chi connectivity index (χ2v) is 6.27. The first-order chi connectivity index (χ1) is 14.6. The summed E-state index contributed by atoms with van der Waals surface area (Å²) in [4.78, 5) is 42.8. The highest BCUT2D eigenvalue weighted by molar-refractivity contribution is 6.27. The zero-order chi connectivity index (χ0) is 23.4. The predicted molar refractivity (Wildman–Crippen MR) is 111 cm³/mol. The van der Waals surface area contributed by atoms with Crippen molar-refractivity contribution in [1.82, 2.24) is 4.90 Å². The normalized spacial score (nSPS) is 9.90. The Labute approximate surface area is 178 Å². The zero-order valence-corrected chi connectivity index (χ0v) is 17.0. The number of non-ortho nitro benzene ring substituents is 1. The highest BCUT2D eigenvalue weighted by atomic mass is 16.6. The molecular weight excluding hydrogens is 410 g/mol. The topological polar surface area (TPSA) is 159 Å². The molecule has 0 saturated heterocycles. The van der Waals surface area contributed by atoms with Crippen molar-refractivity contribution in [2.45, 2.75) is 13.0 Å². The van der Waals surface area contributed by atoms with E-state index in [2.05, 4.69) is 5.32 Å². The molecule has 0 aliphatic carbocycles. The summed E-state index contributed by atoms with van der Waals surface area (Å²) in [5, 5.41) is 28.3. The predicted octanol–water partition coefficient (Wildman–Crippen LogP) is 2.22. The monoisotopic (exact) mass is 433 g/mol. The zero-order valence-electron chi connectivity index (χ0n) is 17.0. The lowest BCUT2D eigenvalue weighted by Crippen LogP contribution is -2.24. The Kier molecular flexibility index (Phi) is 10.1. The van der Waals surface area contributed by atoms with Crippen LogP contribution in [0.2, 0.25) is 0 Å². The molecule has 31 heavy (non-hydrogen) atoms. The van der Waals surface area contributed by atoms with E-state index in [1.54, 1.807) is 0 Å². The molecule has 11 heteroatoms. The Bertz CT molecular complexity index is 906. The van der Waals surface area contributed by atoms with Crippen LogP contribution in [-0.4, -0.2) is 58.6 Å². The number of carboxylic acids is 2. The summed E-state index contributed by atoms with van der Waals surface area (Å²) >= 11 is 0. The highest BCUT2D eigenvalue weighted by Crippen LogP contribution is 2.28. The number of nitrogens with zero attached hydrogens (tertiary/aromatic N) is 2. The van der Waals surface area contributed by atoms with Gasteiger partial charge in [0.05, 0.1) is 17.7 Å². The van der Waals surface area contributed by atoms with Gasteiger partial charge in [-0.3, -0.25) is 14.9 Å². The molecular formula is C20H23N3O8. The van der Waals surface area contributed by atoms with Crippen LogP contribution in [0.3, 0.4) is 0 Å². The van der Waals surface area contributed by atoms with E-state index >= 15 is 0 Å². The summed E-state index contributed by atoms with van der Waals surface area (Å²) in [6.07, 6.45) is 0.273. The highest BCUT2D eigenvalue weighted by Gasteiger charge is 2.14. The molecule has 166 valence electrons. The van der Waals surface area contributed by atoms with Crippen LogP contribution in [0, 0.1) is 10.1 Å². The molecule has 2 rings (SSSR count). The fraction of sp³-hybridized carbons (Fsp3) is 0.250. The minimum Gasteiger partial charge on any atom is -0.495 e. The van der Waals surface area contributed by atoms with Crippen LogP contribution >= 0.6 is 0 Å². The van der Waals surface area contributed by atoms with Crippen molar-refractivity contribution in [3.8, 4) is 5.75 Å². The Morgan fingerprint density at radius 2 is 1.71 bits per heavy atom. The van der Waals surface area contributed by atoms with Gasteiger partial charge in [-0.15, -0.1) is 0 Å². The van der Waals surface area contributed by atoms with Gasteiger partial charge >= 0.3 is 11.9 Å². The van der Waals surface area contributed by atoms with Gasteiger partial charge in [0.1, 0.15) is 5.75 Å². The van der Waals surface area contributed by atoms with E-state index in [0.717, 1.165) is 6.54 Å². The van der Waals surface area contributed by atoms with E-state index in [4.69, 9.17) is 24.5 Å². The molecule has 0 unspecified atom stereocenters. The lowest BCUT2D eigenvalue weighted by molar-refractivity contribution is -0.384. The van der Waals surface area contributed by atoms with E-state index in [0.29, 0.717) is 18.0 Å². The van der Waals surface area contributed by atoms with E-state index in [9.17, 15) is 14.9 Å². The van der Waals surface area contributed by atoms with Gasteiger partial charge in [0.2, 0.25) is 5.91 Å². The standard InChI is InChI=1S/C18H21N3O4.C2H2O4/c1-20(13-14-6-4-3-5-7-14)11-10-18(22)19-16-12-15(21(23)24)8-9-17(16)25-2;3-1(4)2(5)6/h3-9,12H,10-11,13H2,1-2H3,(H,19,22);(H,3,4)(H,5,6). The van der Waals surface area contributed by atoms with Crippen LogP contribution in [0.25, 0.3) is 0 Å². The van der Waals surface area contributed by atoms with E-state index in [1.165, 1.54) is 30.9 Å². The van der Waals surface area contributed by atoms with Gasteiger partial charge in [-0.2, -0.15) is 0 Å². The SMILES string of the molecule is COc1ccc([N+](=O)[O-])cc1NC(=O)CCN(C)Cc1ccccc1.O=C(O)C(=O)O. The maximum atomic E-state index is 12.2. The van der Waals surface area contributed by atoms with E-state index in [1.807, 2.05) is 42.3 Å². The lowest BCUT2D eigenvalue weighted by atomic mass is 10.2. The molecule has 0 radical (unpaired) electrons. The number of benzene rings is 2. The molecule has 0 aliphatic heterocycles. The maximum absolute atomic E-state index is 12.2. The molecule has 0 atom stereocenters. The molecule has 11 nitrogen and oxygen atoms in total. The average Bonchev–Trinajstić information content (AvgIpc) is 2.73. The first-order valence-corrected chi connectivity index (χ1v) is 8.95. The third-order valence-electron chi connectivity index (χ3n) is 3.87. The van der Waals surface area contributed by atoms with Crippen LogP contribution in [0.15, 0.2) is 48.5 Å². The number of carboxylic acid groups (broad SMARTS) is 2. The molecule has 2 aromatic carbocycles. The summed E-state index contributed by atoms with van der Waals surface area (Å²) in [6, 6.07) is 14.1. The molecule has 0 aromatic heterocycles. The van der Waals surface area contributed by atoms with Crippen LogP contribution in [0.1, 0.15) is 12.0 Å². The smallest absolute Gasteiger partial charge is 0.414 e. The van der Waals surface area contributed by atoms with Crippen molar-refractivity contribution in [3.63, 3.8) is 0 Å². The van der Waals surface area contributed by atoms with E-state index < -0.39 is 16.9 Å². The number of hydrogen-bond donors (Lipinski definition) is 3. The number of nitro groups is 1. The second kappa shape index (κ2) is 12.5. The van der Waals surface area contributed by atoms with Gasteiger partial charge in [-0.25, -0.2) is 9.59 Å². The number of nitro benzene ring substituents is 1. The number of ether oxygens (including phenoxy) is 1. The van der Waals surface area contributed by atoms with Crippen LogP contribution in [-0.2, 0) is 20.9 Å². The van der Waals surface area contributed by atoms with E-state index in [-0.39, 0.29) is 18.0 Å². The first-order valence-electron chi connectivity index (χ1n) is 8.95. The van der Waals surface area contributed by atoms with Crippen molar-refractivity contribution in [3.05, 3.63) is 64.2 Å². The third-order valence-corrected chi connectivity index (χ3v) is 3.87. The minimum atomic E-state index is -1.82. The van der Waals surface area contributed by atoms with Crippen molar-refractivity contribution in [2.75, 3.05) is 26.0 Å². The molecule has 2 aromatic rings. The van der Waals surface area contributed by atoms with Crippen LogP contribution in [0.4, 0.5) is 11.4 Å². The number of carbonyl (C=O) groups excluding carboxylic acids is 1. The maximum Gasteiger partial charge on any atom is 0.414 e. The number of carbonyl (C=O) groups is 3. The number of aliphatic carboxylic acids is 2. The molecule has 3 N–H and O–H groups in total. The fourth-order valence-corrected chi connectivity index (χ4v) is 2.39. The van der Waals surface area contributed by atoms with Gasteiger partial charge in [-0.05, 0) is 18.7 Å². The summed E-state index contributed by atoms with van der Waals surface area (Å²) < 4.78 is 5.14. The van der Waals surface area contributed by atoms with Gasteiger partial charge in [-0.1, -0.05) is 30.3 Å². The summed E-state index contributed by atoms with van der Waals surface area (Å²) in [7, 11) is 3.39. The number of nitrogens with one attached hydrogen (secondary N) is 1. The number of amides is 1. The first kappa shape index (κ1) is 25.0. The summed E-state index contributed by atoms with van der Waals surface area (Å²) in [6.45, 7) is 1.31. The lowest BCUT2D eigenvalue weighted by Gasteiger charge is -2.16. The number of anilines is 1. The molecule has 0 aliphatic rings.